The maximum absolute atomic E-state index is 5.62. The van der Waals surface area contributed by atoms with Crippen molar-refractivity contribution in [1.29, 1.82) is 0 Å². The summed E-state index contributed by atoms with van der Waals surface area (Å²) in [5, 5.41) is 7.51. The van der Waals surface area contributed by atoms with Gasteiger partial charge in [0.15, 0.2) is 5.11 Å². The van der Waals surface area contributed by atoms with Gasteiger partial charge < -0.3 is 15.4 Å². The van der Waals surface area contributed by atoms with Gasteiger partial charge in [-0.05, 0) is 48.3 Å². The van der Waals surface area contributed by atoms with Gasteiger partial charge in [0.1, 0.15) is 0 Å². The van der Waals surface area contributed by atoms with Crippen LogP contribution in [0.3, 0.4) is 0 Å². The van der Waals surface area contributed by atoms with Crippen molar-refractivity contribution >= 4 is 23.0 Å². The van der Waals surface area contributed by atoms with Gasteiger partial charge in [0.2, 0.25) is 0 Å². The van der Waals surface area contributed by atoms with Crippen LogP contribution >= 0.6 is 12.2 Å². The molecule has 0 bridgehead atoms. The minimum atomic E-state index is 0.142. The summed E-state index contributed by atoms with van der Waals surface area (Å²) in [4.78, 5) is 2.43. The number of rotatable bonds is 8. The molecule has 28 heavy (non-hydrogen) atoms. The van der Waals surface area contributed by atoms with Gasteiger partial charge in [-0.1, -0.05) is 55.8 Å². The highest BCUT2D eigenvalue weighted by Gasteiger charge is 2.19. The minimum Gasteiger partial charge on any atom is -0.379 e. The molecule has 2 aromatic carbocycles. The van der Waals surface area contributed by atoms with Gasteiger partial charge >= 0.3 is 0 Å². The fraction of sp³-hybridized carbons (Fsp3) is 0.435. The number of nitrogens with zero attached hydrogens (tertiary/aromatic N) is 1. The quantitative estimate of drug-likeness (QED) is 0.646. The van der Waals surface area contributed by atoms with Gasteiger partial charge in [0.05, 0.1) is 19.3 Å². The molecule has 1 saturated heterocycles. The standard InChI is InChI=1S/C23H31N3OS/c1-2-3-7-19-10-12-21(13-11-19)24-23(28)25-22(20-8-5-4-6-9-20)18-26-14-16-27-17-15-26/h4-6,8-13,22H,2-3,7,14-18H2,1H3,(H2,24,25,28)/t22-/m1/s1. The van der Waals surface area contributed by atoms with Crippen molar-refractivity contribution in [1.82, 2.24) is 10.2 Å². The molecule has 1 aliphatic rings. The number of morpholine rings is 1. The lowest BCUT2D eigenvalue weighted by Gasteiger charge is -2.31. The second-order valence-corrected chi connectivity index (χ2v) is 7.68. The van der Waals surface area contributed by atoms with Crippen molar-refractivity contribution < 1.29 is 4.74 Å². The van der Waals surface area contributed by atoms with Crippen LogP contribution in [-0.2, 0) is 11.2 Å². The summed E-state index contributed by atoms with van der Waals surface area (Å²) < 4.78 is 5.48. The van der Waals surface area contributed by atoms with Crippen molar-refractivity contribution in [3.63, 3.8) is 0 Å². The molecule has 5 heteroatoms. The molecule has 0 aliphatic carbocycles. The van der Waals surface area contributed by atoms with E-state index < -0.39 is 0 Å². The van der Waals surface area contributed by atoms with Crippen LogP contribution in [0.1, 0.15) is 36.9 Å². The monoisotopic (exact) mass is 397 g/mol. The Hall–Kier alpha value is -1.95. The number of hydrogen-bond donors (Lipinski definition) is 2. The van der Waals surface area contributed by atoms with Crippen molar-refractivity contribution in [3.05, 3.63) is 65.7 Å². The Morgan fingerprint density at radius 3 is 2.46 bits per heavy atom. The molecule has 0 aromatic heterocycles. The maximum Gasteiger partial charge on any atom is 0.171 e. The molecule has 0 amide bonds. The lowest BCUT2D eigenvalue weighted by Crippen LogP contribution is -2.44. The van der Waals surface area contributed by atoms with E-state index in [0.29, 0.717) is 5.11 Å². The summed E-state index contributed by atoms with van der Waals surface area (Å²) in [5.41, 5.74) is 3.64. The molecule has 4 nitrogen and oxygen atoms in total. The van der Waals surface area contributed by atoms with Crippen LogP contribution in [0, 0.1) is 0 Å². The van der Waals surface area contributed by atoms with E-state index in [4.69, 9.17) is 17.0 Å². The van der Waals surface area contributed by atoms with Gasteiger partial charge in [0.25, 0.3) is 0 Å². The third kappa shape index (κ3) is 6.59. The van der Waals surface area contributed by atoms with E-state index in [2.05, 4.69) is 71.0 Å². The highest BCUT2D eigenvalue weighted by molar-refractivity contribution is 7.80. The molecule has 2 N–H and O–H groups in total. The van der Waals surface area contributed by atoms with Gasteiger partial charge in [-0.25, -0.2) is 0 Å². The first-order valence-corrected chi connectivity index (χ1v) is 10.7. The summed E-state index contributed by atoms with van der Waals surface area (Å²) >= 11 is 5.62. The summed E-state index contributed by atoms with van der Waals surface area (Å²) in [6.07, 6.45) is 3.58. The topological polar surface area (TPSA) is 36.5 Å². The average Bonchev–Trinajstić information content (AvgIpc) is 2.74. The second-order valence-electron chi connectivity index (χ2n) is 7.28. The molecule has 2 aromatic rings. The van der Waals surface area contributed by atoms with Crippen LogP contribution in [0.25, 0.3) is 0 Å². The summed E-state index contributed by atoms with van der Waals surface area (Å²) in [6, 6.07) is 19.2. The van der Waals surface area contributed by atoms with E-state index in [1.165, 1.54) is 24.0 Å². The van der Waals surface area contributed by atoms with Crippen LogP contribution in [0.5, 0.6) is 0 Å². The van der Waals surface area contributed by atoms with Crippen molar-refractivity contribution in [3.8, 4) is 0 Å². The minimum absolute atomic E-state index is 0.142. The third-order valence-corrected chi connectivity index (χ3v) is 5.30. The zero-order valence-corrected chi connectivity index (χ0v) is 17.5. The predicted octanol–water partition coefficient (Wildman–Crippen LogP) is 4.39. The molecule has 0 spiro atoms. The zero-order chi connectivity index (χ0) is 19.6. The lowest BCUT2D eigenvalue weighted by atomic mass is 10.1. The first-order chi connectivity index (χ1) is 13.7. The third-order valence-electron chi connectivity index (χ3n) is 5.08. The Balaban J connectivity index is 1.60. The fourth-order valence-electron chi connectivity index (χ4n) is 3.42. The summed E-state index contributed by atoms with van der Waals surface area (Å²) in [5.74, 6) is 0. The number of aryl methyl sites for hydroxylation is 1. The molecule has 0 saturated carbocycles. The van der Waals surface area contributed by atoms with E-state index in [-0.39, 0.29) is 6.04 Å². The van der Waals surface area contributed by atoms with E-state index >= 15 is 0 Å². The molecule has 1 fully saturated rings. The first-order valence-electron chi connectivity index (χ1n) is 10.3. The number of hydrogen-bond acceptors (Lipinski definition) is 3. The lowest BCUT2D eigenvalue weighted by molar-refractivity contribution is 0.0344. The van der Waals surface area contributed by atoms with Crippen LogP contribution in [0.15, 0.2) is 54.6 Å². The van der Waals surface area contributed by atoms with Crippen LogP contribution in [0.2, 0.25) is 0 Å². The van der Waals surface area contributed by atoms with E-state index in [0.717, 1.165) is 45.0 Å². The maximum atomic E-state index is 5.62. The summed E-state index contributed by atoms with van der Waals surface area (Å²) in [7, 11) is 0. The number of thiocarbonyl (C=S) groups is 1. The highest BCUT2D eigenvalue weighted by Crippen LogP contribution is 2.17. The Kier molecular flexibility index (Phi) is 8.27. The first kappa shape index (κ1) is 20.8. The Morgan fingerprint density at radius 1 is 1.07 bits per heavy atom. The SMILES string of the molecule is CCCCc1ccc(NC(=S)N[C@H](CN2CCOCC2)c2ccccc2)cc1. The van der Waals surface area contributed by atoms with Crippen molar-refractivity contribution in [2.75, 3.05) is 38.2 Å². The normalized spacial score (nSPS) is 15.8. The Bertz CT molecular complexity index is 714. The molecule has 0 radical (unpaired) electrons. The van der Waals surface area contributed by atoms with Gasteiger partial charge in [-0.15, -0.1) is 0 Å². The molecular formula is C23H31N3OS. The summed E-state index contributed by atoms with van der Waals surface area (Å²) in [6.45, 7) is 6.66. The fourth-order valence-corrected chi connectivity index (χ4v) is 3.68. The number of unbranched alkanes of at least 4 members (excludes halogenated alkanes) is 1. The number of anilines is 1. The van der Waals surface area contributed by atoms with E-state index in [1.54, 1.807) is 0 Å². The Morgan fingerprint density at radius 2 is 1.79 bits per heavy atom. The number of benzene rings is 2. The molecule has 3 rings (SSSR count). The predicted molar refractivity (Wildman–Crippen MR) is 121 cm³/mol. The largest absolute Gasteiger partial charge is 0.379 e. The smallest absolute Gasteiger partial charge is 0.171 e. The van der Waals surface area contributed by atoms with E-state index in [9.17, 15) is 0 Å². The molecule has 1 heterocycles. The molecule has 150 valence electrons. The average molecular weight is 398 g/mol. The van der Waals surface area contributed by atoms with Crippen molar-refractivity contribution in [2.24, 2.45) is 0 Å². The molecule has 1 aliphatic heterocycles. The van der Waals surface area contributed by atoms with Gasteiger partial charge in [-0.2, -0.15) is 0 Å². The van der Waals surface area contributed by atoms with Gasteiger partial charge in [-0.3, -0.25) is 4.90 Å². The van der Waals surface area contributed by atoms with E-state index in [1.807, 2.05) is 6.07 Å². The number of nitrogens with one attached hydrogen (secondary N) is 2. The molecule has 0 unspecified atom stereocenters. The molecular weight excluding hydrogens is 366 g/mol. The van der Waals surface area contributed by atoms with Crippen LogP contribution in [0.4, 0.5) is 5.69 Å². The Labute approximate surface area is 174 Å². The van der Waals surface area contributed by atoms with Gasteiger partial charge in [0, 0.05) is 25.3 Å². The molecule has 1 atom stereocenters. The highest BCUT2D eigenvalue weighted by atomic mass is 32.1. The second kappa shape index (κ2) is 11.1. The zero-order valence-electron chi connectivity index (χ0n) is 16.7. The van der Waals surface area contributed by atoms with Crippen LogP contribution < -0.4 is 10.6 Å². The van der Waals surface area contributed by atoms with Crippen LogP contribution in [-0.4, -0.2) is 42.9 Å². The van der Waals surface area contributed by atoms with Crippen molar-refractivity contribution in [2.45, 2.75) is 32.2 Å². The number of ether oxygens (including phenoxy) is 1.